The molecule has 8 nitrogen and oxygen atoms in total. The van der Waals surface area contributed by atoms with Gasteiger partial charge in [0, 0.05) is 15.3 Å². The third kappa shape index (κ3) is 5.14. The van der Waals surface area contributed by atoms with E-state index in [2.05, 4.69) is 32.6 Å². The van der Waals surface area contributed by atoms with Crippen LogP contribution in [0, 0.1) is 13.7 Å². The summed E-state index contributed by atoms with van der Waals surface area (Å²) >= 11 is 2.11. The maximum Gasteiger partial charge on any atom is 0.338 e. The lowest BCUT2D eigenvalue weighted by atomic mass is 10.2. The highest BCUT2D eigenvalue weighted by molar-refractivity contribution is 14.1. The van der Waals surface area contributed by atoms with Gasteiger partial charge in [0.15, 0.2) is 12.4 Å². The molecule has 130 valence electrons. The zero-order chi connectivity index (χ0) is 18.4. The number of hydrogen-bond donors (Lipinski definition) is 1. The predicted molar refractivity (Wildman–Crippen MR) is 97.7 cm³/mol. The first kappa shape index (κ1) is 18.6. The highest BCUT2D eigenvalue weighted by Gasteiger charge is 2.20. The maximum atomic E-state index is 11.9. The van der Waals surface area contributed by atoms with Crippen molar-refractivity contribution in [1.82, 2.24) is 0 Å². The molecule has 2 rings (SSSR count). The van der Waals surface area contributed by atoms with Crippen LogP contribution in [0.4, 0.5) is 11.4 Å². The van der Waals surface area contributed by atoms with Gasteiger partial charge < -0.3 is 14.8 Å². The third-order valence-electron chi connectivity index (χ3n) is 3.04. The zero-order valence-corrected chi connectivity index (χ0v) is 15.2. The van der Waals surface area contributed by atoms with E-state index < -0.39 is 29.1 Å². The van der Waals surface area contributed by atoms with Gasteiger partial charge in [-0.05, 0) is 52.9 Å². The summed E-state index contributed by atoms with van der Waals surface area (Å²) in [4.78, 5) is 33.8. The first-order valence-corrected chi connectivity index (χ1v) is 8.03. The quantitative estimate of drug-likeness (QED) is 0.310. The average Bonchev–Trinajstić information content (AvgIpc) is 2.59. The third-order valence-corrected chi connectivity index (χ3v) is 3.71. The molecule has 0 aromatic heterocycles. The number of ether oxygens (including phenoxy) is 2. The highest BCUT2D eigenvalue weighted by atomic mass is 127. The molecular formula is C16H13IN2O6. The number of halogens is 1. The number of carbonyl (C=O) groups excluding carboxylic acids is 2. The summed E-state index contributed by atoms with van der Waals surface area (Å²) in [6.45, 7) is -0.413. The van der Waals surface area contributed by atoms with Crippen LogP contribution in [0.25, 0.3) is 0 Å². The van der Waals surface area contributed by atoms with E-state index in [4.69, 9.17) is 4.74 Å². The smallest absolute Gasteiger partial charge is 0.338 e. The Hall–Kier alpha value is -2.69. The van der Waals surface area contributed by atoms with E-state index in [1.807, 2.05) is 6.07 Å². The van der Waals surface area contributed by atoms with E-state index in [-0.39, 0.29) is 11.3 Å². The van der Waals surface area contributed by atoms with Gasteiger partial charge in [0.05, 0.1) is 17.6 Å². The number of benzene rings is 2. The van der Waals surface area contributed by atoms with Crippen LogP contribution in [-0.2, 0) is 9.53 Å². The fourth-order valence-electron chi connectivity index (χ4n) is 1.93. The van der Waals surface area contributed by atoms with E-state index in [0.29, 0.717) is 5.69 Å². The van der Waals surface area contributed by atoms with Gasteiger partial charge in [-0.15, -0.1) is 0 Å². The number of hydrogen-bond acceptors (Lipinski definition) is 6. The molecule has 0 heterocycles. The van der Waals surface area contributed by atoms with Crippen molar-refractivity contribution < 1.29 is 24.0 Å². The molecule has 0 fully saturated rings. The lowest BCUT2D eigenvalue weighted by Gasteiger charge is -2.09. The van der Waals surface area contributed by atoms with E-state index in [0.717, 1.165) is 9.64 Å². The van der Waals surface area contributed by atoms with Gasteiger partial charge in [-0.3, -0.25) is 14.9 Å². The molecule has 9 heteroatoms. The van der Waals surface area contributed by atoms with E-state index in [9.17, 15) is 19.7 Å². The fourth-order valence-corrected chi connectivity index (χ4v) is 2.48. The molecule has 0 saturated heterocycles. The topological polar surface area (TPSA) is 108 Å². The maximum absolute atomic E-state index is 11.9. The van der Waals surface area contributed by atoms with Crippen LogP contribution in [0.1, 0.15) is 10.4 Å². The molecule has 25 heavy (non-hydrogen) atoms. The molecule has 0 aliphatic heterocycles. The molecule has 0 aliphatic rings. The Morgan fingerprint density at radius 3 is 2.64 bits per heavy atom. The minimum atomic E-state index is -0.703. The summed E-state index contributed by atoms with van der Waals surface area (Å²) in [6.07, 6.45) is 0. The Labute approximate surface area is 156 Å². The number of carbonyl (C=O) groups is 2. The van der Waals surface area contributed by atoms with Gasteiger partial charge in [-0.2, -0.15) is 0 Å². The van der Waals surface area contributed by atoms with Crippen LogP contribution in [0.15, 0.2) is 42.5 Å². The van der Waals surface area contributed by atoms with Crippen molar-refractivity contribution in [3.8, 4) is 5.75 Å². The first-order chi connectivity index (χ1) is 11.9. The number of methoxy groups -OCH3 is 1. The van der Waals surface area contributed by atoms with Crippen LogP contribution < -0.4 is 10.1 Å². The molecule has 2 aromatic carbocycles. The van der Waals surface area contributed by atoms with Crippen molar-refractivity contribution >= 4 is 45.8 Å². The second-order valence-electron chi connectivity index (χ2n) is 4.78. The van der Waals surface area contributed by atoms with E-state index >= 15 is 0 Å². The van der Waals surface area contributed by atoms with Crippen LogP contribution >= 0.6 is 22.6 Å². The molecule has 0 unspecified atom stereocenters. The van der Waals surface area contributed by atoms with Crippen molar-refractivity contribution in [3.05, 3.63) is 61.7 Å². The van der Waals surface area contributed by atoms with Crippen LogP contribution in [0.3, 0.4) is 0 Å². The Balaban J connectivity index is 2.07. The van der Waals surface area contributed by atoms with Crippen LogP contribution in [0.5, 0.6) is 5.75 Å². The molecule has 0 saturated carbocycles. The van der Waals surface area contributed by atoms with Gasteiger partial charge in [0.1, 0.15) is 0 Å². The summed E-state index contributed by atoms with van der Waals surface area (Å²) in [6, 6.07) is 10.8. The van der Waals surface area contributed by atoms with Crippen LogP contribution in [0.2, 0.25) is 0 Å². The largest absolute Gasteiger partial charge is 0.477 e. The second-order valence-corrected chi connectivity index (χ2v) is 6.02. The molecule has 0 bridgehead atoms. The summed E-state index contributed by atoms with van der Waals surface area (Å²) in [5, 5.41) is 13.8. The Morgan fingerprint density at radius 1 is 1.24 bits per heavy atom. The van der Waals surface area contributed by atoms with Gasteiger partial charge >= 0.3 is 11.7 Å². The van der Waals surface area contributed by atoms with Crippen LogP contribution in [-0.4, -0.2) is 30.5 Å². The molecule has 0 radical (unpaired) electrons. The molecule has 1 N–H and O–H groups in total. The summed E-state index contributed by atoms with van der Waals surface area (Å²) in [7, 11) is 1.17. The minimum Gasteiger partial charge on any atom is -0.477 e. The van der Waals surface area contributed by atoms with Gasteiger partial charge in [-0.25, -0.2) is 4.79 Å². The van der Waals surface area contributed by atoms with Gasteiger partial charge in [0.2, 0.25) is 0 Å². The number of esters is 1. The number of rotatable bonds is 6. The first-order valence-electron chi connectivity index (χ1n) is 6.95. The molecule has 0 atom stereocenters. The van der Waals surface area contributed by atoms with Crippen molar-refractivity contribution in [1.29, 1.82) is 0 Å². The molecule has 0 aliphatic carbocycles. The molecular weight excluding hydrogens is 443 g/mol. The number of nitrogens with one attached hydrogen (secondary N) is 1. The number of anilines is 1. The molecule has 1 amide bonds. The van der Waals surface area contributed by atoms with E-state index in [1.54, 1.807) is 18.2 Å². The fraction of sp³-hybridized carbons (Fsp3) is 0.125. The molecule has 2 aromatic rings. The summed E-state index contributed by atoms with van der Waals surface area (Å²) in [5.41, 5.74) is 0.186. The van der Waals surface area contributed by atoms with E-state index in [1.165, 1.54) is 19.2 Å². The minimum absolute atomic E-state index is 0.0184. The summed E-state index contributed by atoms with van der Waals surface area (Å²) in [5.74, 6) is -1.28. The second kappa shape index (κ2) is 8.42. The van der Waals surface area contributed by atoms with Crippen molar-refractivity contribution in [2.75, 3.05) is 19.0 Å². The lowest BCUT2D eigenvalue weighted by molar-refractivity contribution is -0.385. The lowest BCUT2D eigenvalue weighted by Crippen LogP contribution is -2.20. The monoisotopic (exact) mass is 456 g/mol. The number of nitrogens with zero attached hydrogens (tertiary/aromatic N) is 1. The Bertz CT molecular complexity index is 824. The van der Waals surface area contributed by atoms with Gasteiger partial charge in [0.25, 0.3) is 5.91 Å². The Morgan fingerprint density at radius 2 is 2.00 bits per heavy atom. The zero-order valence-electron chi connectivity index (χ0n) is 13.0. The molecule has 0 spiro atoms. The highest BCUT2D eigenvalue weighted by Crippen LogP contribution is 2.28. The number of nitro benzene ring substituents is 1. The summed E-state index contributed by atoms with van der Waals surface area (Å²) < 4.78 is 10.7. The number of amides is 1. The SMILES string of the molecule is COC(=O)c1ccc(OCC(=O)Nc2cccc(I)c2)c([N+](=O)[O-])c1. The number of nitro groups is 1. The predicted octanol–water partition coefficient (Wildman–Crippen LogP) is 3.00. The Kier molecular flexibility index (Phi) is 6.28. The standard InChI is InChI=1S/C16H13IN2O6/c1-24-16(21)10-5-6-14(13(7-10)19(22)23)25-9-15(20)18-12-4-2-3-11(17)8-12/h2-8H,9H2,1H3,(H,18,20). The average molecular weight is 456 g/mol. The normalized spacial score (nSPS) is 10.0. The van der Waals surface area contributed by atoms with Gasteiger partial charge in [-0.1, -0.05) is 6.07 Å². The van der Waals surface area contributed by atoms with Crippen molar-refractivity contribution in [3.63, 3.8) is 0 Å². The van der Waals surface area contributed by atoms with Crippen molar-refractivity contribution in [2.45, 2.75) is 0 Å². The van der Waals surface area contributed by atoms with Crippen molar-refractivity contribution in [2.24, 2.45) is 0 Å².